The molecule has 0 aromatic heterocycles. The van der Waals surface area contributed by atoms with E-state index in [2.05, 4.69) is 7.05 Å². The van der Waals surface area contributed by atoms with Crippen molar-refractivity contribution in [2.24, 2.45) is 5.92 Å². The lowest BCUT2D eigenvalue weighted by molar-refractivity contribution is -0.947. The standard InChI is InChI=1S/C20H28NO2/c1-21-14-6-5-11-19(21)18(10-7-15-21)16-23-20(22)13-12-17-8-3-2-4-9-17/h2-4,8-9,12-13,18-19H,5-7,10-11,14-16H2,1H3/q+1. The number of rotatable bonds is 4. The van der Waals surface area contributed by atoms with Gasteiger partial charge in [-0.25, -0.2) is 4.79 Å². The summed E-state index contributed by atoms with van der Waals surface area (Å²) in [6, 6.07) is 10.6. The van der Waals surface area contributed by atoms with Gasteiger partial charge in [0.15, 0.2) is 0 Å². The number of ether oxygens (including phenoxy) is 1. The summed E-state index contributed by atoms with van der Waals surface area (Å²) in [5, 5.41) is 0. The Hall–Kier alpha value is -1.61. The largest absolute Gasteiger partial charge is 0.462 e. The fourth-order valence-electron chi connectivity index (χ4n) is 4.39. The number of piperidine rings is 2. The molecule has 0 bridgehead atoms. The monoisotopic (exact) mass is 314 g/mol. The molecule has 2 heterocycles. The molecule has 0 radical (unpaired) electrons. The lowest BCUT2D eigenvalue weighted by Crippen LogP contribution is -2.61. The Morgan fingerprint density at radius 2 is 1.96 bits per heavy atom. The minimum Gasteiger partial charge on any atom is -0.462 e. The highest BCUT2D eigenvalue weighted by Crippen LogP contribution is 2.36. The highest BCUT2D eigenvalue weighted by atomic mass is 16.5. The van der Waals surface area contributed by atoms with Crippen LogP contribution in [0.3, 0.4) is 0 Å². The van der Waals surface area contributed by atoms with Crippen LogP contribution >= 0.6 is 0 Å². The van der Waals surface area contributed by atoms with Gasteiger partial charge < -0.3 is 9.22 Å². The summed E-state index contributed by atoms with van der Waals surface area (Å²) in [4.78, 5) is 12.0. The van der Waals surface area contributed by atoms with E-state index in [1.807, 2.05) is 36.4 Å². The van der Waals surface area contributed by atoms with Gasteiger partial charge in [0.2, 0.25) is 0 Å². The van der Waals surface area contributed by atoms with E-state index >= 15 is 0 Å². The van der Waals surface area contributed by atoms with Crippen LogP contribution in [-0.4, -0.2) is 43.2 Å². The van der Waals surface area contributed by atoms with E-state index in [0.29, 0.717) is 18.6 Å². The summed E-state index contributed by atoms with van der Waals surface area (Å²) in [6.45, 7) is 3.17. The molecular weight excluding hydrogens is 286 g/mol. The molecule has 3 unspecified atom stereocenters. The van der Waals surface area contributed by atoms with Crippen molar-refractivity contribution in [1.82, 2.24) is 0 Å². The van der Waals surface area contributed by atoms with Crippen LogP contribution in [0.15, 0.2) is 36.4 Å². The molecule has 0 amide bonds. The zero-order chi connectivity index (χ0) is 16.1. The summed E-state index contributed by atoms with van der Waals surface area (Å²) in [5.41, 5.74) is 1.03. The maximum absolute atomic E-state index is 12.0. The first-order valence-electron chi connectivity index (χ1n) is 8.91. The fourth-order valence-corrected chi connectivity index (χ4v) is 4.39. The van der Waals surface area contributed by atoms with Gasteiger partial charge in [-0.1, -0.05) is 30.3 Å². The lowest BCUT2D eigenvalue weighted by Gasteiger charge is -2.51. The molecule has 0 spiro atoms. The summed E-state index contributed by atoms with van der Waals surface area (Å²) < 4.78 is 6.76. The van der Waals surface area contributed by atoms with Crippen molar-refractivity contribution in [2.75, 3.05) is 26.7 Å². The Labute approximate surface area is 139 Å². The summed E-state index contributed by atoms with van der Waals surface area (Å²) in [5.74, 6) is 0.313. The third kappa shape index (κ3) is 4.03. The SMILES string of the molecule is C[N+]12CCCCC1C(COC(=O)C=Cc1ccccc1)CCC2. The van der Waals surface area contributed by atoms with Crippen LogP contribution in [0.4, 0.5) is 0 Å². The van der Waals surface area contributed by atoms with Crippen LogP contribution < -0.4 is 0 Å². The smallest absolute Gasteiger partial charge is 0.330 e. The van der Waals surface area contributed by atoms with E-state index in [1.54, 1.807) is 6.08 Å². The molecule has 0 saturated carbocycles. The maximum Gasteiger partial charge on any atom is 0.330 e. The van der Waals surface area contributed by atoms with E-state index in [0.717, 1.165) is 5.56 Å². The molecule has 1 aromatic rings. The molecule has 0 aliphatic carbocycles. The van der Waals surface area contributed by atoms with E-state index in [4.69, 9.17) is 4.74 Å². The average Bonchev–Trinajstić information content (AvgIpc) is 2.58. The number of nitrogens with zero attached hydrogens (tertiary/aromatic N) is 1. The molecule has 2 saturated heterocycles. The zero-order valence-electron chi connectivity index (χ0n) is 14.1. The summed E-state index contributed by atoms with van der Waals surface area (Å²) in [7, 11) is 2.40. The van der Waals surface area contributed by atoms with Crippen molar-refractivity contribution in [3.8, 4) is 0 Å². The van der Waals surface area contributed by atoms with Gasteiger partial charge in [-0.05, 0) is 37.3 Å². The molecule has 23 heavy (non-hydrogen) atoms. The number of esters is 1. The minimum absolute atomic E-state index is 0.218. The van der Waals surface area contributed by atoms with Crippen LogP contribution in [0.25, 0.3) is 6.08 Å². The minimum atomic E-state index is -0.218. The average molecular weight is 314 g/mol. The molecule has 1 aromatic carbocycles. The van der Waals surface area contributed by atoms with Crippen molar-refractivity contribution >= 4 is 12.0 Å². The second-order valence-electron chi connectivity index (χ2n) is 7.27. The molecule has 3 rings (SSSR count). The van der Waals surface area contributed by atoms with Gasteiger partial charge in [-0.2, -0.15) is 0 Å². The zero-order valence-corrected chi connectivity index (χ0v) is 14.1. The van der Waals surface area contributed by atoms with E-state index in [9.17, 15) is 4.79 Å². The van der Waals surface area contributed by atoms with Gasteiger partial charge in [-0.3, -0.25) is 0 Å². The Morgan fingerprint density at radius 3 is 2.78 bits per heavy atom. The van der Waals surface area contributed by atoms with Gasteiger partial charge in [0.25, 0.3) is 0 Å². The first-order chi connectivity index (χ1) is 11.2. The van der Waals surface area contributed by atoms with Gasteiger partial charge in [-0.15, -0.1) is 0 Å². The predicted octanol–water partition coefficient (Wildman–Crippen LogP) is 3.65. The molecule has 3 heteroatoms. The third-order valence-electron chi connectivity index (χ3n) is 5.66. The van der Waals surface area contributed by atoms with Crippen molar-refractivity contribution in [2.45, 2.75) is 38.1 Å². The fraction of sp³-hybridized carbons (Fsp3) is 0.550. The first-order valence-corrected chi connectivity index (χ1v) is 8.91. The Morgan fingerprint density at radius 1 is 1.17 bits per heavy atom. The molecule has 2 aliphatic heterocycles. The molecule has 0 N–H and O–H groups in total. The quantitative estimate of drug-likeness (QED) is 0.482. The predicted molar refractivity (Wildman–Crippen MR) is 92.7 cm³/mol. The number of fused-ring (bicyclic) bond motifs is 1. The Bertz CT molecular complexity index is 550. The van der Waals surface area contributed by atoms with E-state index in [1.165, 1.54) is 49.7 Å². The highest BCUT2D eigenvalue weighted by molar-refractivity contribution is 5.87. The Kier molecular flexibility index (Phi) is 5.16. The summed E-state index contributed by atoms with van der Waals surface area (Å²) >= 11 is 0. The van der Waals surface area contributed by atoms with Crippen molar-refractivity contribution in [1.29, 1.82) is 0 Å². The summed E-state index contributed by atoms with van der Waals surface area (Å²) in [6.07, 6.45) is 9.80. The van der Waals surface area contributed by atoms with Gasteiger partial charge in [0, 0.05) is 18.4 Å². The molecule has 3 atom stereocenters. The van der Waals surface area contributed by atoms with Gasteiger partial charge >= 0.3 is 5.97 Å². The molecular formula is C20H28NO2+. The van der Waals surface area contributed by atoms with Crippen LogP contribution in [0, 0.1) is 5.92 Å². The van der Waals surface area contributed by atoms with Crippen LogP contribution in [-0.2, 0) is 9.53 Å². The second-order valence-corrected chi connectivity index (χ2v) is 7.27. The van der Waals surface area contributed by atoms with Crippen molar-refractivity contribution in [3.05, 3.63) is 42.0 Å². The third-order valence-corrected chi connectivity index (χ3v) is 5.66. The van der Waals surface area contributed by atoms with Crippen LogP contribution in [0.2, 0.25) is 0 Å². The maximum atomic E-state index is 12.0. The van der Waals surface area contributed by atoms with Crippen LogP contribution in [0.1, 0.15) is 37.7 Å². The second kappa shape index (κ2) is 7.31. The molecule has 3 nitrogen and oxygen atoms in total. The number of carbonyl (C=O) groups excluding carboxylic acids is 1. The molecule has 2 fully saturated rings. The molecule has 124 valence electrons. The van der Waals surface area contributed by atoms with Crippen molar-refractivity contribution in [3.63, 3.8) is 0 Å². The lowest BCUT2D eigenvalue weighted by atomic mass is 9.82. The number of benzene rings is 1. The topological polar surface area (TPSA) is 26.3 Å². The number of carbonyl (C=O) groups is 1. The van der Waals surface area contributed by atoms with Gasteiger partial charge in [0.1, 0.15) is 6.61 Å². The molecule has 2 aliphatic rings. The van der Waals surface area contributed by atoms with Crippen molar-refractivity contribution < 1.29 is 14.0 Å². The Balaban J connectivity index is 1.53. The highest BCUT2D eigenvalue weighted by Gasteiger charge is 2.43. The number of quaternary nitrogens is 1. The van der Waals surface area contributed by atoms with E-state index in [-0.39, 0.29) is 5.97 Å². The van der Waals surface area contributed by atoms with Crippen LogP contribution in [0.5, 0.6) is 0 Å². The van der Waals surface area contributed by atoms with Gasteiger partial charge in [0.05, 0.1) is 26.2 Å². The number of hydrogen-bond donors (Lipinski definition) is 0. The first kappa shape index (κ1) is 16.3. The number of hydrogen-bond acceptors (Lipinski definition) is 2. The normalized spacial score (nSPS) is 30.8. The van der Waals surface area contributed by atoms with E-state index < -0.39 is 0 Å².